The minimum absolute atomic E-state index is 1.80. The van der Waals surface area contributed by atoms with Crippen molar-refractivity contribution in [2.45, 2.75) is 18.4 Å². The molecule has 0 heterocycles. The van der Waals surface area contributed by atoms with Gasteiger partial charge in [0, 0.05) is 0 Å². The molecule has 0 aromatic rings. The molecule has 0 aliphatic rings. The van der Waals surface area contributed by atoms with Gasteiger partial charge in [-0.25, -0.2) is 18.5 Å². The SMILES string of the molecule is O=C(CC(O)(CC(=O)OP(=O)(O)O)C(=O)OP(=O)(O)O)OP(=O)(O)O. The van der Waals surface area contributed by atoms with Crippen LogP contribution >= 0.6 is 23.5 Å². The van der Waals surface area contributed by atoms with Crippen LogP contribution in [0.5, 0.6) is 0 Å². The van der Waals surface area contributed by atoms with Crippen LogP contribution < -0.4 is 0 Å². The van der Waals surface area contributed by atoms with Crippen LogP contribution in [0.2, 0.25) is 0 Å². The summed E-state index contributed by atoms with van der Waals surface area (Å²) < 4.78 is 41.9. The first-order chi connectivity index (χ1) is 10.8. The maximum atomic E-state index is 11.5. The quantitative estimate of drug-likeness (QED) is 0.194. The van der Waals surface area contributed by atoms with Gasteiger partial charge >= 0.3 is 41.4 Å². The summed E-state index contributed by atoms with van der Waals surface area (Å²) in [5.74, 6) is -6.39. The summed E-state index contributed by atoms with van der Waals surface area (Å²) in [5.41, 5.74) is -3.54. The number of hydrogen-bond donors (Lipinski definition) is 7. The number of hydrogen-bond acceptors (Lipinski definition) is 10. The largest absolute Gasteiger partial charge is 0.527 e. The fraction of sp³-hybridized carbons (Fsp3) is 0.500. The Morgan fingerprint density at radius 1 is 0.680 bits per heavy atom. The third-order valence-corrected chi connectivity index (χ3v) is 3.18. The molecule has 0 saturated carbocycles. The monoisotopic (exact) mass is 432 g/mol. The van der Waals surface area contributed by atoms with Crippen molar-refractivity contribution in [3.05, 3.63) is 0 Å². The average Bonchev–Trinajstić information content (AvgIpc) is 2.19. The highest BCUT2D eigenvalue weighted by Gasteiger charge is 2.47. The van der Waals surface area contributed by atoms with Crippen molar-refractivity contribution in [1.29, 1.82) is 0 Å². The van der Waals surface area contributed by atoms with Gasteiger partial charge in [-0.1, -0.05) is 0 Å². The summed E-state index contributed by atoms with van der Waals surface area (Å²) in [6.45, 7) is 0. The van der Waals surface area contributed by atoms with Gasteiger partial charge < -0.3 is 18.7 Å². The number of rotatable bonds is 8. The zero-order valence-corrected chi connectivity index (χ0v) is 14.2. The predicted molar refractivity (Wildman–Crippen MR) is 68.6 cm³/mol. The van der Waals surface area contributed by atoms with Gasteiger partial charge in [-0.05, 0) is 0 Å². The molecule has 0 atom stereocenters. The van der Waals surface area contributed by atoms with Crippen molar-refractivity contribution < 1.29 is 76.1 Å². The number of phosphoric ester groups is 3. The van der Waals surface area contributed by atoms with Crippen LogP contribution in [0.4, 0.5) is 0 Å². The van der Waals surface area contributed by atoms with Crippen molar-refractivity contribution in [2.75, 3.05) is 0 Å². The lowest BCUT2D eigenvalue weighted by Gasteiger charge is -2.24. The molecule has 0 spiro atoms. The molecule has 0 bridgehead atoms. The van der Waals surface area contributed by atoms with Crippen molar-refractivity contribution in [3.8, 4) is 0 Å². The highest BCUT2D eigenvalue weighted by molar-refractivity contribution is 7.47. The molecule has 0 aliphatic carbocycles. The van der Waals surface area contributed by atoms with Crippen LogP contribution in [0.15, 0.2) is 0 Å². The zero-order chi connectivity index (χ0) is 20.3. The van der Waals surface area contributed by atoms with Gasteiger partial charge in [0.25, 0.3) is 0 Å². The molecule has 0 aromatic heterocycles. The molecular weight excluding hydrogens is 421 g/mol. The lowest BCUT2D eigenvalue weighted by atomic mass is 9.96. The Balaban J connectivity index is 5.49. The molecule has 0 fully saturated rings. The fourth-order valence-electron chi connectivity index (χ4n) is 1.21. The van der Waals surface area contributed by atoms with Gasteiger partial charge in [-0.3, -0.25) is 38.9 Å². The smallest absolute Gasteiger partial charge is 0.377 e. The summed E-state index contributed by atoms with van der Waals surface area (Å²) in [7, 11) is -16.5. The van der Waals surface area contributed by atoms with Crippen LogP contribution in [0.3, 0.4) is 0 Å². The first kappa shape index (κ1) is 23.8. The second-order valence-corrected chi connectivity index (χ2v) is 7.65. The summed E-state index contributed by atoms with van der Waals surface area (Å²) >= 11 is 0. The van der Waals surface area contributed by atoms with E-state index in [9.17, 15) is 33.2 Å². The van der Waals surface area contributed by atoms with E-state index in [-0.39, 0.29) is 0 Å². The molecular formula is C6H11O16P3. The normalized spacial score (nSPS) is 13.1. The predicted octanol–water partition coefficient (Wildman–Crippen LogP) is -2.59. The molecule has 19 heteroatoms. The zero-order valence-electron chi connectivity index (χ0n) is 11.6. The average molecular weight is 432 g/mol. The van der Waals surface area contributed by atoms with E-state index in [0.29, 0.717) is 0 Å². The van der Waals surface area contributed by atoms with Crippen LogP contribution in [-0.2, 0) is 41.6 Å². The molecule has 0 saturated heterocycles. The summed E-state index contributed by atoms with van der Waals surface area (Å²) in [6.07, 6.45) is -3.60. The lowest BCUT2D eigenvalue weighted by Crippen LogP contribution is -2.44. The van der Waals surface area contributed by atoms with Crippen molar-refractivity contribution in [1.82, 2.24) is 0 Å². The van der Waals surface area contributed by atoms with Crippen molar-refractivity contribution in [2.24, 2.45) is 0 Å². The topological polar surface area (TPSA) is 272 Å². The van der Waals surface area contributed by atoms with Crippen LogP contribution in [-0.4, -0.2) is 58.0 Å². The second-order valence-electron chi connectivity index (χ2n) is 4.16. The molecule has 0 amide bonds. The lowest BCUT2D eigenvalue weighted by molar-refractivity contribution is -0.168. The molecule has 0 rings (SSSR count). The Bertz CT molecular complexity index is 638. The summed E-state index contributed by atoms with van der Waals surface area (Å²) in [5, 5.41) is 9.85. The van der Waals surface area contributed by atoms with E-state index in [1.165, 1.54) is 0 Å². The summed E-state index contributed by atoms with van der Waals surface area (Å²) in [6, 6.07) is 0. The van der Waals surface area contributed by atoms with Crippen LogP contribution in [0, 0.1) is 0 Å². The third kappa shape index (κ3) is 11.1. The Morgan fingerprint density at radius 2 is 0.960 bits per heavy atom. The van der Waals surface area contributed by atoms with Gasteiger partial charge in [-0.2, -0.15) is 0 Å². The van der Waals surface area contributed by atoms with E-state index in [1.54, 1.807) is 0 Å². The highest BCUT2D eigenvalue weighted by atomic mass is 31.2. The van der Waals surface area contributed by atoms with E-state index < -0.39 is 59.8 Å². The molecule has 25 heavy (non-hydrogen) atoms. The van der Waals surface area contributed by atoms with Gasteiger partial charge in [0.15, 0.2) is 5.60 Å². The number of aliphatic hydroxyl groups is 1. The molecule has 146 valence electrons. The Labute approximate surface area is 137 Å². The Kier molecular flexibility index (Phi) is 7.64. The first-order valence-electron chi connectivity index (χ1n) is 5.41. The standard InChI is InChI=1S/C6H11O16P3/c7-3(20-23(11,12)13)1-6(10,5(9)22-25(17,18)19)2-4(8)21-24(14,15)16/h10H,1-2H2,(H2,11,12,13)(H2,14,15,16)(H2,17,18,19). The molecule has 0 radical (unpaired) electrons. The second kappa shape index (κ2) is 8.01. The van der Waals surface area contributed by atoms with Crippen molar-refractivity contribution >= 4 is 41.4 Å². The Morgan fingerprint density at radius 3 is 1.20 bits per heavy atom. The fourth-order valence-corrected chi connectivity index (χ4v) is 2.25. The molecule has 7 N–H and O–H groups in total. The highest BCUT2D eigenvalue weighted by Crippen LogP contribution is 2.41. The summed E-state index contributed by atoms with van der Waals surface area (Å²) in [4.78, 5) is 84.5. The maximum Gasteiger partial charge on any atom is 0.527 e. The van der Waals surface area contributed by atoms with Crippen LogP contribution in [0.1, 0.15) is 12.8 Å². The first-order valence-corrected chi connectivity index (χ1v) is 10.00. The molecule has 0 aliphatic heterocycles. The minimum atomic E-state index is -5.61. The number of phosphoric acid groups is 3. The van der Waals surface area contributed by atoms with Gasteiger partial charge in [0.05, 0.1) is 12.8 Å². The van der Waals surface area contributed by atoms with E-state index in [2.05, 4.69) is 13.6 Å². The van der Waals surface area contributed by atoms with E-state index in [4.69, 9.17) is 29.4 Å². The number of carbonyl (C=O) groups excluding carboxylic acids is 3. The van der Waals surface area contributed by atoms with E-state index in [1.807, 2.05) is 0 Å². The molecule has 0 unspecified atom stereocenters. The van der Waals surface area contributed by atoms with Gasteiger partial charge in [0.2, 0.25) is 0 Å². The van der Waals surface area contributed by atoms with Gasteiger partial charge in [0.1, 0.15) is 0 Å². The van der Waals surface area contributed by atoms with Gasteiger partial charge in [-0.15, -0.1) is 0 Å². The van der Waals surface area contributed by atoms with E-state index >= 15 is 0 Å². The van der Waals surface area contributed by atoms with Crippen LogP contribution in [0.25, 0.3) is 0 Å². The Hall–Kier alpha value is -1.18. The minimum Gasteiger partial charge on any atom is -0.377 e. The molecule has 16 nitrogen and oxygen atoms in total. The molecule has 0 aromatic carbocycles. The van der Waals surface area contributed by atoms with E-state index in [0.717, 1.165) is 0 Å². The third-order valence-electron chi connectivity index (χ3n) is 1.90. The number of carbonyl (C=O) groups is 3. The maximum absolute atomic E-state index is 11.5. The van der Waals surface area contributed by atoms with Crippen molar-refractivity contribution in [3.63, 3.8) is 0 Å².